The second kappa shape index (κ2) is 6.31. The van der Waals surface area contributed by atoms with E-state index in [9.17, 15) is 9.59 Å². The van der Waals surface area contributed by atoms with Gasteiger partial charge in [0.15, 0.2) is 0 Å². The largest absolute Gasteiger partial charge is 0.354 e. The quantitative estimate of drug-likeness (QED) is 0.699. The molecule has 2 aliphatic heterocycles. The highest BCUT2D eigenvalue weighted by Gasteiger charge is 2.57. The molecule has 20 heavy (non-hydrogen) atoms. The monoisotopic (exact) mass is 301 g/mol. The summed E-state index contributed by atoms with van der Waals surface area (Å²) in [6.45, 7) is 2.78. The Kier molecular flexibility index (Phi) is 4.91. The van der Waals surface area contributed by atoms with E-state index < -0.39 is 0 Å². The number of carbonyl (C=O) groups is 2. The molecule has 5 nitrogen and oxygen atoms in total. The lowest BCUT2D eigenvalue weighted by molar-refractivity contribution is -0.130. The van der Waals surface area contributed by atoms with Gasteiger partial charge in [-0.3, -0.25) is 9.59 Å². The molecule has 3 fully saturated rings. The number of carbonyl (C=O) groups excluding carboxylic acids is 2. The third-order valence-corrected chi connectivity index (χ3v) is 4.96. The Hall–Kier alpha value is -0.810. The Morgan fingerprint density at radius 3 is 2.70 bits per heavy atom. The van der Waals surface area contributed by atoms with Crippen molar-refractivity contribution < 1.29 is 9.59 Å². The molecule has 0 aromatic rings. The van der Waals surface area contributed by atoms with Gasteiger partial charge < -0.3 is 16.0 Å². The Balaban J connectivity index is 0.00000147. The van der Waals surface area contributed by atoms with Crippen molar-refractivity contribution in [2.75, 3.05) is 19.6 Å². The van der Waals surface area contributed by atoms with Gasteiger partial charge in [0, 0.05) is 12.5 Å². The van der Waals surface area contributed by atoms with E-state index in [0.717, 1.165) is 58.2 Å². The maximum atomic E-state index is 12.3. The Labute approximate surface area is 126 Å². The minimum absolute atomic E-state index is 0. The summed E-state index contributed by atoms with van der Waals surface area (Å²) in [7, 11) is 0. The second-order valence-corrected chi connectivity index (χ2v) is 6.22. The number of hydrogen-bond acceptors (Lipinski definition) is 3. The minimum Gasteiger partial charge on any atom is -0.354 e. The first-order valence-corrected chi connectivity index (χ1v) is 7.50. The molecule has 2 amide bonds. The Morgan fingerprint density at radius 1 is 1.20 bits per heavy atom. The van der Waals surface area contributed by atoms with Gasteiger partial charge in [-0.15, -0.1) is 12.4 Å². The average Bonchev–Trinajstić information content (AvgIpc) is 3.14. The standard InChI is InChI=1S/C14H23N3O2.ClH/c18-12(10-9-14(10)4-7-15-8-5-14)17-11-3-1-2-6-16-13(11)19;/h10-11,15H,1-9H2,(H,16,19)(H,17,18);1H. The van der Waals surface area contributed by atoms with E-state index in [0.29, 0.717) is 0 Å². The zero-order valence-electron chi connectivity index (χ0n) is 11.7. The third kappa shape index (κ3) is 3.09. The van der Waals surface area contributed by atoms with Crippen LogP contribution in [0, 0.1) is 11.3 Å². The van der Waals surface area contributed by atoms with Gasteiger partial charge in [-0.2, -0.15) is 0 Å². The summed E-state index contributed by atoms with van der Waals surface area (Å²) >= 11 is 0. The number of piperidine rings is 1. The van der Waals surface area contributed by atoms with Crippen molar-refractivity contribution >= 4 is 24.2 Å². The van der Waals surface area contributed by atoms with Crippen molar-refractivity contribution in [1.82, 2.24) is 16.0 Å². The van der Waals surface area contributed by atoms with Gasteiger partial charge in [-0.25, -0.2) is 0 Å². The van der Waals surface area contributed by atoms with Gasteiger partial charge in [0.2, 0.25) is 11.8 Å². The van der Waals surface area contributed by atoms with Gasteiger partial charge in [0.1, 0.15) is 6.04 Å². The van der Waals surface area contributed by atoms with E-state index in [1.165, 1.54) is 0 Å². The van der Waals surface area contributed by atoms with E-state index in [2.05, 4.69) is 16.0 Å². The molecule has 114 valence electrons. The molecule has 0 aromatic carbocycles. The van der Waals surface area contributed by atoms with Gasteiger partial charge in [-0.1, -0.05) is 0 Å². The number of halogens is 1. The van der Waals surface area contributed by atoms with Crippen molar-refractivity contribution in [1.29, 1.82) is 0 Å². The van der Waals surface area contributed by atoms with Crippen LogP contribution in [0.25, 0.3) is 0 Å². The smallest absolute Gasteiger partial charge is 0.242 e. The molecule has 3 N–H and O–H groups in total. The van der Waals surface area contributed by atoms with Crippen LogP contribution in [0.1, 0.15) is 38.5 Å². The summed E-state index contributed by atoms with van der Waals surface area (Å²) in [5, 5.41) is 9.18. The second-order valence-electron chi connectivity index (χ2n) is 6.22. The molecular weight excluding hydrogens is 278 g/mol. The number of amides is 2. The Bertz CT molecular complexity index is 383. The molecule has 0 radical (unpaired) electrons. The van der Waals surface area contributed by atoms with Crippen LogP contribution in [0.4, 0.5) is 0 Å². The van der Waals surface area contributed by atoms with Crippen LogP contribution in [-0.2, 0) is 9.59 Å². The highest BCUT2D eigenvalue weighted by atomic mass is 35.5. The minimum atomic E-state index is -0.311. The van der Waals surface area contributed by atoms with E-state index >= 15 is 0 Å². The molecule has 3 rings (SSSR count). The Morgan fingerprint density at radius 2 is 1.95 bits per heavy atom. The number of rotatable bonds is 2. The lowest BCUT2D eigenvalue weighted by Gasteiger charge is -2.24. The fourth-order valence-corrected chi connectivity index (χ4v) is 3.55. The molecule has 2 atom stereocenters. The molecule has 2 unspecified atom stereocenters. The fraction of sp³-hybridized carbons (Fsp3) is 0.857. The number of nitrogens with one attached hydrogen (secondary N) is 3. The van der Waals surface area contributed by atoms with E-state index in [1.807, 2.05) is 0 Å². The van der Waals surface area contributed by atoms with Crippen LogP contribution >= 0.6 is 12.4 Å². The lowest BCUT2D eigenvalue weighted by Crippen LogP contribution is -2.46. The zero-order chi connectivity index (χ0) is 13.3. The van der Waals surface area contributed by atoms with Crippen molar-refractivity contribution in [3.63, 3.8) is 0 Å². The maximum absolute atomic E-state index is 12.3. The molecule has 6 heteroatoms. The molecule has 1 spiro atoms. The third-order valence-electron chi connectivity index (χ3n) is 4.96. The van der Waals surface area contributed by atoms with Crippen molar-refractivity contribution in [2.24, 2.45) is 11.3 Å². The lowest BCUT2D eigenvalue weighted by atomic mass is 9.91. The summed E-state index contributed by atoms with van der Waals surface area (Å²) in [6, 6.07) is -0.311. The summed E-state index contributed by atoms with van der Waals surface area (Å²) < 4.78 is 0. The van der Waals surface area contributed by atoms with Crippen molar-refractivity contribution in [3.8, 4) is 0 Å². The van der Waals surface area contributed by atoms with Gasteiger partial charge in [-0.05, 0) is 57.0 Å². The first-order chi connectivity index (χ1) is 9.21. The summed E-state index contributed by atoms with van der Waals surface area (Å²) in [5.41, 5.74) is 0.247. The van der Waals surface area contributed by atoms with Crippen LogP contribution in [0.2, 0.25) is 0 Å². The highest BCUT2D eigenvalue weighted by molar-refractivity contribution is 5.90. The van der Waals surface area contributed by atoms with Crippen LogP contribution < -0.4 is 16.0 Å². The van der Waals surface area contributed by atoms with Crippen LogP contribution in [0.15, 0.2) is 0 Å². The summed E-state index contributed by atoms with van der Waals surface area (Å²) in [5.74, 6) is 0.237. The summed E-state index contributed by atoms with van der Waals surface area (Å²) in [6.07, 6.45) is 6.00. The molecule has 1 aliphatic carbocycles. The maximum Gasteiger partial charge on any atom is 0.242 e. The molecular formula is C14H24ClN3O2. The average molecular weight is 302 g/mol. The van der Waals surface area contributed by atoms with Crippen molar-refractivity contribution in [2.45, 2.75) is 44.6 Å². The van der Waals surface area contributed by atoms with E-state index in [-0.39, 0.29) is 41.6 Å². The first-order valence-electron chi connectivity index (χ1n) is 7.50. The predicted molar refractivity (Wildman–Crippen MR) is 78.7 cm³/mol. The molecule has 3 aliphatic rings. The van der Waals surface area contributed by atoms with Gasteiger partial charge >= 0.3 is 0 Å². The highest BCUT2D eigenvalue weighted by Crippen LogP contribution is 2.58. The predicted octanol–water partition coefficient (Wildman–Crippen LogP) is 0.583. The van der Waals surface area contributed by atoms with Crippen LogP contribution in [0.5, 0.6) is 0 Å². The van der Waals surface area contributed by atoms with Gasteiger partial charge in [0.25, 0.3) is 0 Å². The molecule has 0 bridgehead atoms. The number of hydrogen-bond donors (Lipinski definition) is 3. The molecule has 0 aromatic heterocycles. The summed E-state index contributed by atoms with van der Waals surface area (Å²) in [4.78, 5) is 24.1. The first kappa shape index (κ1) is 15.6. The fourth-order valence-electron chi connectivity index (χ4n) is 3.55. The molecule has 2 heterocycles. The van der Waals surface area contributed by atoms with Crippen molar-refractivity contribution in [3.05, 3.63) is 0 Å². The van der Waals surface area contributed by atoms with Gasteiger partial charge in [0.05, 0.1) is 0 Å². The van der Waals surface area contributed by atoms with Crippen LogP contribution in [0.3, 0.4) is 0 Å². The van der Waals surface area contributed by atoms with E-state index in [1.54, 1.807) is 0 Å². The normalized spacial score (nSPS) is 31.7. The topological polar surface area (TPSA) is 70.2 Å². The molecule has 2 saturated heterocycles. The SMILES string of the molecule is Cl.O=C1NCCCCC1NC(=O)C1CC12CCNCC2. The molecule has 1 saturated carbocycles. The zero-order valence-corrected chi connectivity index (χ0v) is 12.6. The van der Waals surface area contributed by atoms with E-state index in [4.69, 9.17) is 0 Å². The van der Waals surface area contributed by atoms with Crippen LogP contribution in [-0.4, -0.2) is 37.5 Å².